The highest BCUT2D eigenvalue weighted by Crippen LogP contribution is 2.25. The Kier molecular flexibility index (Phi) is 5.87. The van der Waals surface area contributed by atoms with E-state index in [1.54, 1.807) is 67.6 Å². The number of aryl methyl sites for hydroxylation is 1. The maximum atomic E-state index is 13.3. The first kappa shape index (κ1) is 21.5. The molecule has 4 aromatic rings. The second kappa shape index (κ2) is 8.76. The van der Waals surface area contributed by atoms with Gasteiger partial charge in [-0.25, -0.2) is 17.8 Å². The standard InChI is InChI=1S/C24H19FN2O4S/c1-16-22(15-32(29,30)21-8-3-2-4-9-21)27-24(31-16)18-12-10-17(11-13-18)23(28)26-20-7-5-6-19(25)14-20/h2-14H,15H2,1H3,(H,26,28). The van der Waals surface area contributed by atoms with Crippen LogP contribution in [0.25, 0.3) is 11.5 Å². The van der Waals surface area contributed by atoms with Crippen molar-refractivity contribution in [1.82, 2.24) is 4.98 Å². The van der Waals surface area contributed by atoms with Gasteiger partial charge in [0, 0.05) is 16.8 Å². The van der Waals surface area contributed by atoms with Crippen LogP contribution in [0.5, 0.6) is 0 Å². The molecule has 0 saturated heterocycles. The van der Waals surface area contributed by atoms with Crippen molar-refractivity contribution in [3.05, 3.63) is 102 Å². The Labute approximate surface area is 184 Å². The van der Waals surface area contributed by atoms with E-state index in [4.69, 9.17) is 4.42 Å². The summed E-state index contributed by atoms with van der Waals surface area (Å²) in [4.78, 5) is 17.0. The van der Waals surface area contributed by atoms with Crippen molar-refractivity contribution in [2.24, 2.45) is 0 Å². The van der Waals surface area contributed by atoms with Gasteiger partial charge in [0.1, 0.15) is 17.3 Å². The largest absolute Gasteiger partial charge is 0.441 e. The molecule has 0 aliphatic heterocycles. The molecule has 0 saturated carbocycles. The second-order valence-corrected chi connectivity index (χ2v) is 9.13. The first-order chi connectivity index (χ1) is 15.3. The zero-order valence-corrected chi connectivity index (χ0v) is 17.9. The van der Waals surface area contributed by atoms with Crippen LogP contribution in [0.3, 0.4) is 0 Å². The Bertz CT molecular complexity index is 1360. The van der Waals surface area contributed by atoms with E-state index < -0.39 is 15.7 Å². The highest BCUT2D eigenvalue weighted by Gasteiger charge is 2.21. The molecule has 1 heterocycles. The summed E-state index contributed by atoms with van der Waals surface area (Å²) in [5.74, 6) is -0.436. The summed E-state index contributed by atoms with van der Waals surface area (Å²) < 4.78 is 44.2. The fraction of sp³-hybridized carbons (Fsp3) is 0.0833. The molecule has 0 aliphatic rings. The molecule has 8 heteroatoms. The maximum absolute atomic E-state index is 13.3. The smallest absolute Gasteiger partial charge is 0.255 e. The van der Waals surface area contributed by atoms with Crippen molar-refractivity contribution >= 4 is 21.4 Å². The number of sulfone groups is 1. The fourth-order valence-corrected chi connectivity index (χ4v) is 4.48. The molecule has 0 aliphatic carbocycles. The molecule has 0 radical (unpaired) electrons. The van der Waals surface area contributed by atoms with Crippen LogP contribution in [0.4, 0.5) is 10.1 Å². The van der Waals surface area contributed by atoms with Crippen LogP contribution in [0, 0.1) is 12.7 Å². The van der Waals surface area contributed by atoms with Gasteiger partial charge >= 0.3 is 0 Å². The summed E-state index contributed by atoms with van der Waals surface area (Å²) >= 11 is 0. The van der Waals surface area contributed by atoms with Gasteiger partial charge in [-0.1, -0.05) is 24.3 Å². The normalized spacial score (nSPS) is 11.3. The van der Waals surface area contributed by atoms with E-state index in [2.05, 4.69) is 10.3 Å². The van der Waals surface area contributed by atoms with E-state index in [1.165, 1.54) is 18.2 Å². The highest BCUT2D eigenvalue weighted by molar-refractivity contribution is 7.90. The number of oxazole rings is 1. The lowest BCUT2D eigenvalue weighted by Gasteiger charge is -2.05. The van der Waals surface area contributed by atoms with Crippen molar-refractivity contribution in [2.45, 2.75) is 17.6 Å². The number of hydrogen-bond donors (Lipinski definition) is 1. The number of benzene rings is 3. The number of nitrogens with one attached hydrogen (secondary N) is 1. The summed E-state index contributed by atoms with van der Waals surface area (Å²) in [6.45, 7) is 1.66. The molecule has 0 bridgehead atoms. The Balaban J connectivity index is 1.51. The molecule has 162 valence electrons. The van der Waals surface area contributed by atoms with Gasteiger partial charge in [0.15, 0.2) is 9.84 Å². The number of carbonyl (C=O) groups is 1. The minimum atomic E-state index is -3.56. The van der Waals surface area contributed by atoms with Gasteiger partial charge in [0.25, 0.3) is 5.91 Å². The lowest BCUT2D eigenvalue weighted by molar-refractivity contribution is 0.102. The zero-order chi connectivity index (χ0) is 22.7. The summed E-state index contributed by atoms with van der Waals surface area (Å²) in [6, 6.07) is 20.3. The Morgan fingerprint density at radius 2 is 1.72 bits per heavy atom. The van der Waals surface area contributed by atoms with Crippen LogP contribution in [-0.4, -0.2) is 19.3 Å². The van der Waals surface area contributed by atoms with Crippen molar-refractivity contribution in [3.8, 4) is 11.5 Å². The first-order valence-corrected chi connectivity index (χ1v) is 11.4. The molecule has 0 fully saturated rings. The predicted octanol–water partition coefficient (Wildman–Crippen LogP) is 5.02. The van der Waals surface area contributed by atoms with Gasteiger partial charge in [-0.3, -0.25) is 4.79 Å². The molecule has 1 aromatic heterocycles. The van der Waals surface area contributed by atoms with E-state index in [-0.39, 0.29) is 22.4 Å². The molecular weight excluding hydrogens is 431 g/mol. The zero-order valence-electron chi connectivity index (χ0n) is 17.1. The SMILES string of the molecule is Cc1oc(-c2ccc(C(=O)Nc3cccc(F)c3)cc2)nc1CS(=O)(=O)c1ccccc1. The fourth-order valence-electron chi connectivity index (χ4n) is 3.11. The van der Waals surface area contributed by atoms with Gasteiger partial charge in [0.05, 0.1) is 10.6 Å². The van der Waals surface area contributed by atoms with Crippen LogP contribution < -0.4 is 5.32 Å². The number of hydrogen-bond acceptors (Lipinski definition) is 5. The minimum absolute atomic E-state index is 0.220. The Morgan fingerprint density at radius 1 is 1.00 bits per heavy atom. The van der Waals surface area contributed by atoms with Crippen LogP contribution in [0.15, 0.2) is 88.2 Å². The first-order valence-electron chi connectivity index (χ1n) is 9.73. The Morgan fingerprint density at radius 3 is 2.41 bits per heavy atom. The van der Waals surface area contributed by atoms with Crippen LogP contribution >= 0.6 is 0 Å². The molecule has 1 amide bonds. The number of halogens is 1. The molecule has 0 atom stereocenters. The third-order valence-corrected chi connectivity index (χ3v) is 6.44. The van der Waals surface area contributed by atoms with Crippen molar-refractivity contribution in [1.29, 1.82) is 0 Å². The Hall–Kier alpha value is -3.78. The number of carbonyl (C=O) groups excluding carboxylic acids is 1. The topological polar surface area (TPSA) is 89.3 Å². The lowest BCUT2D eigenvalue weighted by atomic mass is 10.1. The van der Waals surface area contributed by atoms with Gasteiger partial charge in [-0.2, -0.15) is 0 Å². The van der Waals surface area contributed by atoms with Crippen molar-refractivity contribution in [3.63, 3.8) is 0 Å². The molecule has 32 heavy (non-hydrogen) atoms. The monoisotopic (exact) mass is 450 g/mol. The molecule has 0 unspecified atom stereocenters. The third-order valence-electron chi connectivity index (χ3n) is 4.80. The number of amides is 1. The van der Waals surface area contributed by atoms with Crippen molar-refractivity contribution < 1.29 is 22.0 Å². The predicted molar refractivity (Wildman–Crippen MR) is 118 cm³/mol. The van der Waals surface area contributed by atoms with E-state index in [0.717, 1.165) is 0 Å². The number of rotatable bonds is 6. The van der Waals surface area contributed by atoms with Crippen molar-refractivity contribution in [2.75, 3.05) is 5.32 Å². The molecule has 4 rings (SSSR count). The molecule has 3 aromatic carbocycles. The molecule has 0 spiro atoms. The number of anilines is 1. The lowest BCUT2D eigenvalue weighted by Crippen LogP contribution is -2.11. The summed E-state index contributed by atoms with van der Waals surface area (Å²) in [5, 5.41) is 2.63. The van der Waals surface area contributed by atoms with Gasteiger partial charge in [-0.15, -0.1) is 0 Å². The van der Waals surface area contributed by atoms with Gasteiger partial charge in [-0.05, 0) is 61.5 Å². The van der Waals surface area contributed by atoms with Gasteiger partial charge in [0.2, 0.25) is 5.89 Å². The van der Waals surface area contributed by atoms with E-state index in [0.29, 0.717) is 28.3 Å². The number of nitrogens with zero attached hydrogens (tertiary/aromatic N) is 1. The van der Waals surface area contributed by atoms with Crippen LogP contribution in [-0.2, 0) is 15.6 Å². The van der Waals surface area contributed by atoms with Crippen LogP contribution in [0.2, 0.25) is 0 Å². The van der Waals surface area contributed by atoms with E-state index in [1.807, 2.05) is 0 Å². The average molecular weight is 450 g/mol. The highest BCUT2D eigenvalue weighted by atomic mass is 32.2. The molecular formula is C24H19FN2O4S. The second-order valence-electron chi connectivity index (χ2n) is 7.14. The molecule has 6 nitrogen and oxygen atoms in total. The van der Waals surface area contributed by atoms with Gasteiger partial charge < -0.3 is 9.73 Å². The summed E-state index contributed by atoms with van der Waals surface area (Å²) in [7, 11) is -3.56. The number of aromatic nitrogens is 1. The minimum Gasteiger partial charge on any atom is -0.441 e. The quantitative estimate of drug-likeness (QED) is 0.446. The summed E-state index contributed by atoms with van der Waals surface area (Å²) in [6.07, 6.45) is 0. The molecule has 1 N–H and O–H groups in total. The third kappa shape index (κ3) is 4.76. The van der Waals surface area contributed by atoms with E-state index >= 15 is 0 Å². The summed E-state index contributed by atoms with van der Waals surface area (Å²) in [5.41, 5.74) is 1.65. The maximum Gasteiger partial charge on any atom is 0.255 e. The van der Waals surface area contributed by atoms with Crippen LogP contribution in [0.1, 0.15) is 21.8 Å². The van der Waals surface area contributed by atoms with E-state index in [9.17, 15) is 17.6 Å². The average Bonchev–Trinajstić information content (AvgIpc) is 3.14.